The van der Waals surface area contributed by atoms with Gasteiger partial charge in [0.15, 0.2) is 23.0 Å². The Hall–Kier alpha value is -3.59. The van der Waals surface area contributed by atoms with Crippen molar-refractivity contribution in [3.8, 4) is 40.2 Å². The minimum atomic E-state index is -0.455. The molecular formula is C24H22N2O4. The van der Waals surface area contributed by atoms with Crippen LogP contribution in [0.1, 0.15) is 25.5 Å². The van der Waals surface area contributed by atoms with Crippen molar-refractivity contribution in [3.63, 3.8) is 0 Å². The van der Waals surface area contributed by atoms with Crippen molar-refractivity contribution in [2.75, 3.05) is 25.9 Å². The molecule has 0 amide bonds. The number of anilines is 1. The van der Waals surface area contributed by atoms with Crippen LogP contribution in [0.15, 0.2) is 36.4 Å². The molecule has 3 aromatic rings. The fourth-order valence-corrected chi connectivity index (χ4v) is 4.33. The van der Waals surface area contributed by atoms with Crippen LogP contribution in [-0.4, -0.2) is 27.1 Å². The molecule has 0 aromatic heterocycles. The van der Waals surface area contributed by atoms with Gasteiger partial charge in [0.1, 0.15) is 6.04 Å². The van der Waals surface area contributed by atoms with Crippen molar-refractivity contribution in [2.24, 2.45) is 0 Å². The van der Waals surface area contributed by atoms with Crippen LogP contribution in [0.4, 0.5) is 5.69 Å². The van der Waals surface area contributed by atoms with E-state index in [1.54, 1.807) is 7.11 Å². The highest BCUT2D eigenvalue weighted by Crippen LogP contribution is 2.51. The van der Waals surface area contributed by atoms with E-state index in [1.165, 1.54) is 0 Å². The Morgan fingerprint density at radius 3 is 2.53 bits per heavy atom. The maximum atomic E-state index is 10.1. The maximum absolute atomic E-state index is 10.1. The highest BCUT2D eigenvalue weighted by Gasteiger charge is 2.32. The van der Waals surface area contributed by atoms with E-state index >= 15 is 0 Å². The normalized spacial score (nSPS) is 16.3. The zero-order valence-electron chi connectivity index (χ0n) is 17.4. The number of methoxy groups -OCH3 is 1. The lowest BCUT2D eigenvalue weighted by atomic mass is 9.86. The third-order valence-corrected chi connectivity index (χ3v) is 5.63. The quantitative estimate of drug-likeness (QED) is 0.611. The molecule has 2 heterocycles. The number of nitrogens with zero attached hydrogens (tertiary/aromatic N) is 2. The number of ether oxygens (including phenoxy) is 4. The van der Waals surface area contributed by atoms with Gasteiger partial charge in [0.05, 0.1) is 25.0 Å². The van der Waals surface area contributed by atoms with Crippen molar-refractivity contribution in [2.45, 2.75) is 26.0 Å². The fourth-order valence-electron chi connectivity index (χ4n) is 4.33. The average molecular weight is 402 g/mol. The molecule has 0 N–H and O–H groups in total. The number of benzene rings is 3. The second-order valence-electron chi connectivity index (χ2n) is 7.79. The second-order valence-corrected chi connectivity index (χ2v) is 7.79. The summed E-state index contributed by atoms with van der Waals surface area (Å²) >= 11 is 0. The highest BCUT2D eigenvalue weighted by atomic mass is 16.7. The van der Waals surface area contributed by atoms with Gasteiger partial charge in [0.25, 0.3) is 0 Å². The van der Waals surface area contributed by atoms with E-state index in [2.05, 4.69) is 18.2 Å². The fraction of sp³-hybridized carbons (Fsp3) is 0.292. The molecule has 2 aliphatic heterocycles. The predicted octanol–water partition coefficient (Wildman–Crippen LogP) is 5.05. The van der Waals surface area contributed by atoms with Gasteiger partial charge in [-0.15, -0.1) is 0 Å². The van der Waals surface area contributed by atoms with Crippen LogP contribution in [0.5, 0.6) is 23.0 Å². The number of fused-ring (bicyclic) bond motifs is 6. The van der Waals surface area contributed by atoms with Crippen molar-refractivity contribution in [1.82, 2.24) is 0 Å². The molecule has 6 nitrogen and oxygen atoms in total. The topological polar surface area (TPSA) is 64.0 Å². The summed E-state index contributed by atoms with van der Waals surface area (Å²) in [5.41, 5.74) is 3.91. The van der Waals surface area contributed by atoms with Gasteiger partial charge in [-0.3, -0.25) is 0 Å². The van der Waals surface area contributed by atoms with Crippen LogP contribution >= 0.6 is 0 Å². The third-order valence-electron chi connectivity index (χ3n) is 5.63. The summed E-state index contributed by atoms with van der Waals surface area (Å²) in [6.07, 6.45) is -0.000602. The Kier molecular flexibility index (Phi) is 4.14. The van der Waals surface area contributed by atoms with Gasteiger partial charge < -0.3 is 23.8 Å². The minimum absolute atomic E-state index is 0.000602. The van der Waals surface area contributed by atoms with Crippen LogP contribution in [0.2, 0.25) is 0 Å². The van der Waals surface area contributed by atoms with E-state index in [0.29, 0.717) is 11.5 Å². The Labute approximate surface area is 175 Å². The lowest BCUT2D eigenvalue weighted by Crippen LogP contribution is -2.27. The number of nitriles is 1. The predicted molar refractivity (Wildman–Crippen MR) is 115 cm³/mol. The molecule has 2 aliphatic rings. The first-order valence-corrected chi connectivity index (χ1v) is 9.89. The third kappa shape index (κ3) is 2.62. The SMILES string of the molecule is COc1cc2c(cc1OC(C)C)C(C#N)N(C)c1c-2ccc2cc3c(cc12)OCO3. The largest absolute Gasteiger partial charge is 0.493 e. The Bertz CT molecular complexity index is 1210. The summed E-state index contributed by atoms with van der Waals surface area (Å²) < 4.78 is 22.7. The smallest absolute Gasteiger partial charge is 0.231 e. The number of hydrogen-bond acceptors (Lipinski definition) is 6. The van der Waals surface area contributed by atoms with Crippen LogP contribution < -0.4 is 23.8 Å². The molecule has 6 heteroatoms. The first-order chi connectivity index (χ1) is 14.5. The van der Waals surface area contributed by atoms with Crippen LogP contribution in [0.3, 0.4) is 0 Å². The van der Waals surface area contributed by atoms with Gasteiger partial charge in [0.2, 0.25) is 6.79 Å². The molecule has 1 atom stereocenters. The van der Waals surface area contributed by atoms with Crippen molar-refractivity contribution in [1.29, 1.82) is 5.26 Å². The minimum Gasteiger partial charge on any atom is -0.493 e. The molecule has 30 heavy (non-hydrogen) atoms. The summed E-state index contributed by atoms with van der Waals surface area (Å²) in [6.45, 7) is 4.17. The molecule has 0 radical (unpaired) electrons. The number of hydrogen-bond donors (Lipinski definition) is 0. The highest BCUT2D eigenvalue weighted by molar-refractivity contribution is 6.05. The molecule has 0 saturated carbocycles. The van der Waals surface area contributed by atoms with Gasteiger partial charge in [0, 0.05) is 23.6 Å². The molecule has 152 valence electrons. The summed E-state index contributed by atoms with van der Waals surface area (Å²) in [5, 5.41) is 12.1. The molecule has 3 aromatic carbocycles. The second kappa shape index (κ2) is 6.74. The summed E-state index contributed by atoms with van der Waals surface area (Å²) in [7, 11) is 3.58. The first-order valence-electron chi connectivity index (χ1n) is 9.89. The van der Waals surface area contributed by atoms with Gasteiger partial charge in [-0.2, -0.15) is 5.26 Å². The van der Waals surface area contributed by atoms with Crippen molar-refractivity contribution in [3.05, 3.63) is 42.0 Å². The summed E-state index contributed by atoms with van der Waals surface area (Å²) in [6, 6.07) is 14.1. The van der Waals surface area contributed by atoms with Crippen molar-refractivity contribution < 1.29 is 18.9 Å². The van der Waals surface area contributed by atoms with Gasteiger partial charge in [-0.05, 0) is 49.1 Å². The molecule has 0 bridgehead atoms. The van der Waals surface area contributed by atoms with Gasteiger partial charge in [-0.25, -0.2) is 0 Å². The Balaban J connectivity index is 1.79. The lowest BCUT2D eigenvalue weighted by molar-refractivity contribution is 0.174. The molecular weight excluding hydrogens is 380 g/mol. The zero-order valence-corrected chi connectivity index (χ0v) is 17.4. The molecule has 0 spiro atoms. The Morgan fingerprint density at radius 2 is 1.83 bits per heavy atom. The molecule has 5 rings (SSSR count). The van der Waals surface area contributed by atoms with E-state index in [-0.39, 0.29) is 12.9 Å². The standard InChI is InChI=1S/C24H22N2O4/c1-13(2)30-23-10-18-17(9-20(23)27-4)15-6-5-14-7-21-22(29-12-28-21)8-16(14)24(15)26(3)19(18)11-25/h5-10,13,19H,12H2,1-4H3. The Morgan fingerprint density at radius 1 is 1.07 bits per heavy atom. The van der Waals surface area contributed by atoms with E-state index in [1.807, 2.05) is 50.1 Å². The molecule has 0 fully saturated rings. The van der Waals surface area contributed by atoms with E-state index in [0.717, 1.165) is 44.6 Å². The summed E-state index contributed by atoms with van der Waals surface area (Å²) in [5.74, 6) is 2.77. The van der Waals surface area contributed by atoms with E-state index in [9.17, 15) is 5.26 Å². The molecule has 1 unspecified atom stereocenters. The monoisotopic (exact) mass is 402 g/mol. The maximum Gasteiger partial charge on any atom is 0.231 e. The zero-order chi connectivity index (χ0) is 21.0. The lowest BCUT2D eigenvalue weighted by Gasteiger charge is -2.35. The van der Waals surface area contributed by atoms with Crippen molar-refractivity contribution >= 4 is 16.5 Å². The van der Waals surface area contributed by atoms with E-state index < -0.39 is 6.04 Å². The molecule has 0 aliphatic carbocycles. The number of rotatable bonds is 3. The van der Waals surface area contributed by atoms with Gasteiger partial charge >= 0.3 is 0 Å². The van der Waals surface area contributed by atoms with Crippen LogP contribution in [0.25, 0.3) is 21.9 Å². The first kappa shape index (κ1) is 18.4. The van der Waals surface area contributed by atoms with Crippen LogP contribution in [-0.2, 0) is 0 Å². The molecule has 0 saturated heterocycles. The van der Waals surface area contributed by atoms with Gasteiger partial charge in [-0.1, -0.05) is 12.1 Å². The summed E-state index contributed by atoms with van der Waals surface area (Å²) in [4.78, 5) is 2.02. The van der Waals surface area contributed by atoms with E-state index in [4.69, 9.17) is 18.9 Å². The van der Waals surface area contributed by atoms with Crippen LogP contribution in [0, 0.1) is 11.3 Å². The average Bonchev–Trinajstić information content (AvgIpc) is 3.18.